The van der Waals surface area contributed by atoms with Gasteiger partial charge in [0.15, 0.2) is 11.4 Å². The first-order valence-corrected chi connectivity index (χ1v) is 4.02. The van der Waals surface area contributed by atoms with Crippen molar-refractivity contribution in [3.05, 3.63) is 17.5 Å². The molecule has 0 aliphatic heterocycles. The zero-order valence-electron chi connectivity index (χ0n) is 7.88. The van der Waals surface area contributed by atoms with Crippen molar-refractivity contribution in [1.82, 2.24) is 4.98 Å². The topological polar surface area (TPSA) is 98.0 Å². The van der Waals surface area contributed by atoms with E-state index in [9.17, 15) is 13.2 Å². The molecule has 16 heavy (non-hydrogen) atoms. The maximum Gasteiger partial charge on any atom is 0.573 e. The third-order valence-corrected chi connectivity index (χ3v) is 1.70. The summed E-state index contributed by atoms with van der Waals surface area (Å²) >= 11 is 0. The minimum Gasteiger partial charge on any atom is -0.402 e. The van der Waals surface area contributed by atoms with Crippen molar-refractivity contribution >= 4 is 5.69 Å². The first-order valence-electron chi connectivity index (χ1n) is 4.02. The molecule has 0 aliphatic carbocycles. The van der Waals surface area contributed by atoms with Gasteiger partial charge in [-0.15, -0.1) is 13.2 Å². The Morgan fingerprint density at radius 3 is 2.56 bits per heavy atom. The second kappa shape index (κ2) is 4.24. The van der Waals surface area contributed by atoms with Crippen LogP contribution in [-0.2, 0) is 6.54 Å². The van der Waals surface area contributed by atoms with Gasteiger partial charge >= 0.3 is 6.36 Å². The second-order valence-corrected chi connectivity index (χ2v) is 2.73. The van der Waals surface area contributed by atoms with Crippen LogP contribution in [0.5, 0.6) is 5.75 Å². The van der Waals surface area contributed by atoms with E-state index in [1.807, 2.05) is 0 Å². The normalized spacial score (nSPS) is 10.9. The monoisotopic (exact) mass is 232 g/mol. The molecule has 0 aromatic carbocycles. The van der Waals surface area contributed by atoms with Gasteiger partial charge < -0.3 is 16.2 Å². The molecule has 86 valence electrons. The van der Waals surface area contributed by atoms with Crippen molar-refractivity contribution < 1.29 is 17.9 Å². The van der Waals surface area contributed by atoms with Crippen molar-refractivity contribution in [2.24, 2.45) is 5.73 Å². The first kappa shape index (κ1) is 12.1. The zero-order chi connectivity index (χ0) is 12.3. The zero-order valence-corrected chi connectivity index (χ0v) is 7.88. The second-order valence-electron chi connectivity index (χ2n) is 2.73. The number of nitrogens with zero attached hydrogens (tertiary/aromatic N) is 2. The number of pyridine rings is 1. The van der Waals surface area contributed by atoms with Gasteiger partial charge in [0.05, 0.1) is 11.9 Å². The molecular formula is C8H7F3N4O. The van der Waals surface area contributed by atoms with Crippen LogP contribution in [0.4, 0.5) is 18.9 Å². The lowest BCUT2D eigenvalue weighted by Gasteiger charge is -2.14. The van der Waals surface area contributed by atoms with Crippen molar-refractivity contribution in [2.75, 3.05) is 5.73 Å². The van der Waals surface area contributed by atoms with Crippen LogP contribution in [0.25, 0.3) is 0 Å². The van der Waals surface area contributed by atoms with Gasteiger partial charge in [-0.3, -0.25) is 0 Å². The molecule has 0 radical (unpaired) electrons. The maximum atomic E-state index is 12.1. The largest absolute Gasteiger partial charge is 0.573 e. The van der Waals surface area contributed by atoms with Gasteiger partial charge in [0.25, 0.3) is 0 Å². The molecule has 0 saturated heterocycles. The summed E-state index contributed by atoms with van der Waals surface area (Å²) in [6.45, 7) is -0.283. The molecule has 0 saturated carbocycles. The molecule has 0 atom stereocenters. The quantitative estimate of drug-likeness (QED) is 0.789. The van der Waals surface area contributed by atoms with Crippen LogP contribution < -0.4 is 16.2 Å². The third kappa shape index (κ3) is 2.52. The molecule has 1 rings (SSSR count). The molecule has 0 amide bonds. The number of ether oxygens (including phenoxy) is 1. The minimum atomic E-state index is -4.93. The highest BCUT2D eigenvalue weighted by molar-refractivity contribution is 5.57. The van der Waals surface area contributed by atoms with Crippen LogP contribution in [0.15, 0.2) is 6.20 Å². The highest BCUT2D eigenvalue weighted by Gasteiger charge is 2.34. The number of halogens is 3. The highest BCUT2D eigenvalue weighted by Crippen LogP contribution is 2.31. The van der Waals surface area contributed by atoms with E-state index in [1.165, 1.54) is 6.07 Å². The molecule has 1 aromatic heterocycles. The van der Waals surface area contributed by atoms with Crippen molar-refractivity contribution in [2.45, 2.75) is 12.9 Å². The van der Waals surface area contributed by atoms with E-state index in [-0.39, 0.29) is 17.8 Å². The summed E-state index contributed by atoms with van der Waals surface area (Å²) in [6.07, 6.45) is -3.87. The van der Waals surface area contributed by atoms with Gasteiger partial charge in [-0.1, -0.05) is 0 Å². The van der Waals surface area contributed by atoms with E-state index in [2.05, 4.69) is 9.72 Å². The van der Waals surface area contributed by atoms with Crippen LogP contribution in [0, 0.1) is 11.3 Å². The lowest BCUT2D eigenvalue weighted by atomic mass is 10.1. The van der Waals surface area contributed by atoms with E-state index in [0.29, 0.717) is 0 Å². The summed E-state index contributed by atoms with van der Waals surface area (Å²) < 4.78 is 39.9. The van der Waals surface area contributed by atoms with Crippen LogP contribution in [0.3, 0.4) is 0 Å². The molecule has 4 N–H and O–H groups in total. The molecule has 0 aliphatic rings. The lowest BCUT2D eigenvalue weighted by molar-refractivity contribution is -0.275. The molecular weight excluding hydrogens is 225 g/mol. The van der Waals surface area contributed by atoms with E-state index in [1.54, 1.807) is 0 Å². The summed E-state index contributed by atoms with van der Waals surface area (Å²) in [6, 6.07) is 1.47. The summed E-state index contributed by atoms with van der Waals surface area (Å²) in [7, 11) is 0. The Kier molecular flexibility index (Phi) is 3.20. The van der Waals surface area contributed by atoms with E-state index in [0.717, 1.165) is 6.20 Å². The highest BCUT2D eigenvalue weighted by atomic mass is 19.4. The van der Waals surface area contributed by atoms with Crippen LogP contribution in [0.1, 0.15) is 11.3 Å². The van der Waals surface area contributed by atoms with Crippen LogP contribution >= 0.6 is 0 Å². The molecule has 8 heteroatoms. The van der Waals surface area contributed by atoms with Gasteiger partial charge in [0.1, 0.15) is 6.07 Å². The van der Waals surface area contributed by atoms with Crippen molar-refractivity contribution in [3.8, 4) is 11.8 Å². The fourth-order valence-corrected chi connectivity index (χ4v) is 1.06. The fraction of sp³-hybridized carbons (Fsp3) is 0.250. The molecule has 1 heterocycles. The Labute approximate surface area is 88.4 Å². The Morgan fingerprint density at radius 2 is 2.12 bits per heavy atom. The summed E-state index contributed by atoms with van der Waals surface area (Å²) in [4.78, 5) is 3.42. The molecule has 0 spiro atoms. The smallest absolute Gasteiger partial charge is 0.402 e. The van der Waals surface area contributed by atoms with Gasteiger partial charge in [-0.05, 0) is 0 Å². The number of alkyl halides is 3. The van der Waals surface area contributed by atoms with E-state index < -0.39 is 17.8 Å². The van der Waals surface area contributed by atoms with Crippen LogP contribution in [-0.4, -0.2) is 11.3 Å². The van der Waals surface area contributed by atoms with Gasteiger partial charge in [-0.25, -0.2) is 4.98 Å². The Balaban J connectivity index is 3.32. The molecule has 0 fully saturated rings. The number of aromatic nitrogens is 1. The predicted octanol–water partition coefficient (Wildman–Crippen LogP) is 0.893. The number of nitrogen functional groups attached to an aromatic ring is 1. The number of anilines is 1. The number of nitriles is 1. The van der Waals surface area contributed by atoms with E-state index >= 15 is 0 Å². The number of hydrogen-bond donors (Lipinski definition) is 2. The van der Waals surface area contributed by atoms with Crippen molar-refractivity contribution in [1.29, 1.82) is 5.26 Å². The average molecular weight is 232 g/mol. The standard InChI is InChI=1S/C8H7F3N4O/c9-8(10,11)16-7-4(1-12)5(14)3-15-6(7)2-13/h3H,1,12,14H2. The summed E-state index contributed by atoms with van der Waals surface area (Å²) in [5, 5.41) is 8.58. The Hall–Kier alpha value is -2.01. The van der Waals surface area contributed by atoms with Gasteiger partial charge in [0, 0.05) is 12.1 Å². The van der Waals surface area contributed by atoms with E-state index in [4.69, 9.17) is 16.7 Å². The van der Waals surface area contributed by atoms with Gasteiger partial charge in [-0.2, -0.15) is 5.26 Å². The van der Waals surface area contributed by atoms with Crippen LogP contribution in [0.2, 0.25) is 0 Å². The number of rotatable bonds is 2. The number of nitrogens with two attached hydrogens (primary N) is 2. The maximum absolute atomic E-state index is 12.1. The predicted molar refractivity (Wildman–Crippen MR) is 47.9 cm³/mol. The summed E-state index contributed by atoms with van der Waals surface area (Å²) in [5.41, 5.74) is 9.95. The third-order valence-electron chi connectivity index (χ3n) is 1.70. The van der Waals surface area contributed by atoms with Gasteiger partial charge in [0.2, 0.25) is 0 Å². The number of hydrogen-bond acceptors (Lipinski definition) is 5. The van der Waals surface area contributed by atoms with Crippen molar-refractivity contribution in [3.63, 3.8) is 0 Å². The molecule has 1 aromatic rings. The Bertz CT molecular complexity index is 438. The average Bonchev–Trinajstić information content (AvgIpc) is 2.16. The minimum absolute atomic E-state index is 0.0549. The SMILES string of the molecule is N#Cc1ncc(N)c(CN)c1OC(F)(F)F. The molecule has 5 nitrogen and oxygen atoms in total. The first-order chi connectivity index (χ1) is 7.39. The molecule has 0 bridgehead atoms. The Morgan fingerprint density at radius 1 is 1.50 bits per heavy atom. The lowest BCUT2D eigenvalue weighted by Crippen LogP contribution is -2.20. The summed E-state index contributed by atoms with van der Waals surface area (Å²) in [5.74, 6) is -0.738. The fourth-order valence-electron chi connectivity index (χ4n) is 1.06. The molecule has 0 unspecified atom stereocenters.